The molecule has 0 radical (unpaired) electrons. The number of aliphatic hydroxyl groups is 1. The zero-order valence-electron chi connectivity index (χ0n) is 20.2. The van der Waals surface area contributed by atoms with Crippen molar-refractivity contribution in [2.24, 2.45) is 0 Å². The molecule has 0 amide bonds. The Labute approximate surface area is 212 Å². The van der Waals surface area contributed by atoms with Gasteiger partial charge in [-0.25, -0.2) is 14.4 Å². The third-order valence-corrected chi connectivity index (χ3v) is 7.32. The first-order chi connectivity index (χ1) is 18.0. The molecule has 1 atom stereocenters. The van der Waals surface area contributed by atoms with Crippen LogP contribution in [0.15, 0.2) is 49.1 Å². The van der Waals surface area contributed by atoms with Gasteiger partial charge in [-0.15, -0.1) is 0 Å². The molecule has 186 valence electrons. The van der Waals surface area contributed by atoms with Gasteiger partial charge in [0.2, 0.25) is 0 Å². The van der Waals surface area contributed by atoms with Crippen LogP contribution >= 0.6 is 0 Å². The van der Waals surface area contributed by atoms with Crippen molar-refractivity contribution in [1.29, 1.82) is 0 Å². The summed E-state index contributed by atoms with van der Waals surface area (Å²) in [5.74, 6) is 1.99. The van der Waals surface area contributed by atoms with E-state index in [1.807, 2.05) is 42.2 Å². The van der Waals surface area contributed by atoms with Crippen LogP contribution < -0.4 is 10.6 Å². The second-order valence-corrected chi connectivity index (χ2v) is 9.63. The molecule has 6 heterocycles. The van der Waals surface area contributed by atoms with E-state index in [-0.39, 0.29) is 5.82 Å². The van der Waals surface area contributed by atoms with Crippen molar-refractivity contribution in [1.82, 2.24) is 29.3 Å². The Hall–Kier alpha value is -4.31. The topological polar surface area (TPSA) is 106 Å². The Kier molecular flexibility index (Phi) is 4.97. The molecule has 0 fully saturated rings. The zero-order valence-corrected chi connectivity index (χ0v) is 20.2. The largest absolute Gasteiger partial charge is 0.387 e. The van der Waals surface area contributed by atoms with Crippen LogP contribution in [0.5, 0.6) is 0 Å². The number of nitrogens with one attached hydrogen (secondary N) is 2. The number of nitrogens with zero attached hydrogens (tertiary/aromatic N) is 6. The molecule has 37 heavy (non-hydrogen) atoms. The van der Waals surface area contributed by atoms with Crippen LogP contribution in [0, 0.1) is 12.7 Å². The van der Waals surface area contributed by atoms with Crippen molar-refractivity contribution in [3.05, 3.63) is 77.6 Å². The van der Waals surface area contributed by atoms with E-state index in [2.05, 4.69) is 30.2 Å². The summed E-state index contributed by atoms with van der Waals surface area (Å²) >= 11 is 0. The second kappa shape index (κ2) is 8.38. The van der Waals surface area contributed by atoms with Crippen molar-refractivity contribution in [2.75, 3.05) is 17.2 Å². The van der Waals surface area contributed by atoms with Crippen molar-refractivity contribution >= 4 is 28.1 Å². The van der Waals surface area contributed by atoms with Crippen molar-refractivity contribution in [3.63, 3.8) is 0 Å². The van der Waals surface area contributed by atoms with E-state index in [4.69, 9.17) is 5.10 Å². The third-order valence-electron chi connectivity index (χ3n) is 7.32. The summed E-state index contributed by atoms with van der Waals surface area (Å²) in [4.78, 5) is 13.4. The first-order valence-electron chi connectivity index (χ1n) is 12.4. The molecule has 7 rings (SSSR count). The van der Waals surface area contributed by atoms with E-state index >= 15 is 4.39 Å². The third kappa shape index (κ3) is 3.72. The smallest absolute Gasteiger partial charge is 0.153 e. The number of imidazole rings is 1. The number of fused-ring (bicyclic) bond motifs is 4. The molecule has 0 saturated heterocycles. The molecule has 0 bridgehead atoms. The summed E-state index contributed by atoms with van der Waals surface area (Å²) in [6.07, 6.45) is 8.00. The minimum absolute atomic E-state index is 0.340. The number of aliphatic hydroxyl groups excluding tert-OH is 1. The lowest BCUT2D eigenvalue weighted by molar-refractivity contribution is 0.163. The van der Waals surface area contributed by atoms with Gasteiger partial charge >= 0.3 is 0 Å². The Morgan fingerprint density at radius 1 is 1.05 bits per heavy atom. The van der Waals surface area contributed by atoms with Crippen LogP contribution in [-0.4, -0.2) is 41.0 Å². The normalized spacial score (nSPS) is 16.5. The van der Waals surface area contributed by atoms with Crippen molar-refractivity contribution in [2.45, 2.75) is 39.0 Å². The fourth-order valence-corrected chi connectivity index (χ4v) is 5.33. The molecule has 1 unspecified atom stereocenters. The van der Waals surface area contributed by atoms with Gasteiger partial charge in [0.25, 0.3) is 0 Å². The molecule has 10 heteroatoms. The molecule has 2 aliphatic rings. The standard InChI is InChI=1S/C27H25FN8O/c1-15-20(13-32-27-22(37)2-4-30-26(15)27)19-8-16-10-23(31-12-17(16)9-21(19)28)33-24-11-18-3-6-35-7-5-29-25(35)14-36(18)34-24/h5,7-13,22,30,37H,2-4,6,14H2,1H3,(H,31,33,34). The Morgan fingerprint density at radius 2 is 1.97 bits per heavy atom. The fourth-order valence-electron chi connectivity index (χ4n) is 5.33. The average Bonchev–Trinajstić information content (AvgIpc) is 3.46. The lowest BCUT2D eigenvalue weighted by Gasteiger charge is -2.25. The second-order valence-electron chi connectivity index (χ2n) is 9.63. The maximum Gasteiger partial charge on any atom is 0.153 e. The number of aromatic nitrogens is 6. The van der Waals surface area contributed by atoms with E-state index in [0.29, 0.717) is 53.4 Å². The van der Waals surface area contributed by atoms with Crippen molar-refractivity contribution < 1.29 is 9.50 Å². The quantitative estimate of drug-likeness (QED) is 0.341. The number of hydrogen-bond donors (Lipinski definition) is 3. The molecule has 4 aromatic heterocycles. The van der Waals surface area contributed by atoms with Crippen LogP contribution in [0.25, 0.3) is 21.9 Å². The predicted molar refractivity (Wildman–Crippen MR) is 138 cm³/mol. The molecular formula is C27H25FN8O. The summed E-state index contributed by atoms with van der Waals surface area (Å²) in [6, 6.07) is 7.27. The average molecular weight is 497 g/mol. The number of rotatable bonds is 3. The van der Waals surface area contributed by atoms with E-state index in [1.54, 1.807) is 12.4 Å². The van der Waals surface area contributed by atoms with Crippen LogP contribution in [0.4, 0.5) is 21.7 Å². The molecule has 5 aromatic rings. The van der Waals surface area contributed by atoms with Gasteiger partial charge in [-0.1, -0.05) is 0 Å². The summed E-state index contributed by atoms with van der Waals surface area (Å²) in [5.41, 5.74) is 4.56. The van der Waals surface area contributed by atoms with Crippen molar-refractivity contribution in [3.8, 4) is 11.1 Å². The first-order valence-corrected chi connectivity index (χ1v) is 12.4. The van der Waals surface area contributed by atoms with Crippen LogP contribution in [-0.2, 0) is 19.5 Å². The summed E-state index contributed by atoms with van der Waals surface area (Å²) in [7, 11) is 0. The molecule has 0 aliphatic carbocycles. The highest BCUT2D eigenvalue weighted by Crippen LogP contribution is 2.38. The molecule has 2 aliphatic heterocycles. The number of hydrogen-bond acceptors (Lipinski definition) is 7. The zero-order chi connectivity index (χ0) is 25.1. The van der Waals surface area contributed by atoms with Gasteiger partial charge in [0, 0.05) is 72.6 Å². The predicted octanol–water partition coefficient (Wildman–Crippen LogP) is 4.33. The summed E-state index contributed by atoms with van der Waals surface area (Å²) < 4.78 is 19.4. The summed E-state index contributed by atoms with van der Waals surface area (Å²) in [6.45, 7) is 4.08. The number of halogens is 1. The van der Waals surface area contributed by atoms with E-state index in [1.165, 1.54) is 6.07 Å². The minimum Gasteiger partial charge on any atom is -0.387 e. The highest BCUT2D eigenvalue weighted by molar-refractivity contribution is 5.90. The lowest BCUT2D eigenvalue weighted by Crippen LogP contribution is -2.19. The monoisotopic (exact) mass is 496 g/mol. The molecule has 0 spiro atoms. The van der Waals surface area contributed by atoms with Gasteiger partial charge < -0.3 is 20.3 Å². The van der Waals surface area contributed by atoms with Gasteiger partial charge in [0.05, 0.1) is 24.0 Å². The van der Waals surface area contributed by atoms with Crippen LogP contribution in [0.1, 0.15) is 35.3 Å². The Bertz CT molecular complexity index is 1670. The minimum atomic E-state index is -0.607. The summed E-state index contributed by atoms with van der Waals surface area (Å²) in [5, 5.41) is 23.2. The first kappa shape index (κ1) is 21.9. The Morgan fingerprint density at radius 3 is 2.89 bits per heavy atom. The fraction of sp³-hybridized carbons (Fsp3) is 0.259. The molecule has 0 saturated carbocycles. The molecule has 9 nitrogen and oxygen atoms in total. The number of benzene rings is 1. The van der Waals surface area contributed by atoms with E-state index in [0.717, 1.165) is 41.1 Å². The molecule has 3 N–H and O–H groups in total. The van der Waals surface area contributed by atoms with Gasteiger partial charge in [0.1, 0.15) is 17.5 Å². The maximum atomic E-state index is 15.2. The van der Waals surface area contributed by atoms with Crippen LogP contribution in [0.2, 0.25) is 0 Å². The SMILES string of the molecule is Cc1c(-c2cc3cc(Nc4cc5n(n4)Cc4nccn4CC5)ncc3cc2F)cnc2c1NCCC2O. The maximum absolute atomic E-state index is 15.2. The van der Waals surface area contributed by atoms with Gasteiger partial charge in [-0.2, -0.15) is 5.10 Å². The van der Waals surface area contributed by atoms with Gasteiger partial charge in [0.15, 0.2) is 5.82 Å². The molecule has 1 aromatic carbocycles. The lowest BCUT2D eigenvalue weighted by atomic mass is 9.95. The van der Waals surface area contributed by atoms with E-state index in [9.17, 15) is 5.11 Å². The highest BCUT2D eigenvalue weighted by atomic mass is 19.1. The Balaban J connectivity index is 1.22. The number of pyridine rings is 2. The number of anilines is 3. The van der Waals surface area contributed by atoms with Gasteiger partial charge in [-0.05, 0) is 42.5 Å². The number of aryl methyl sites for hydroxylation is 2. The van der Waals surface area contributed by atoms with E-state index < -0.39 is 6.10 Å². The molecular weight excluding hydrogens is 471 g/mol. The van der Waals surface area contributed by atoms with Gasteiger partial charge in [-0.3, -0.25) is 9.67 Å². The highest BCUT2D eigenvalue weighted by Gasteiger charge is 2.23. The van der Waals surface area contributed by atoms with Crippen LogP contribution in [0.3, 0.4) is 0 Å².